The zero-order chi connectivity index (χ0) is 24.3. The molecule has 0 saturated carbocycles. The normalized spacial score (nSPS) is 12.3. The van der Waals surface area contributed by atoms with Crippen molar-refractivity contribution in [3.05, 3.63) is 134 Å². The molecule has 185 valence electrons. The maximum atomic E-state index is 5.76. The summed E-state index contributed by atoms with van der Waals surface area (Å²) in [5.41, 5.74) is 8.28. The minimum absolute atomic E-state index is 0. The predicted molar refractivity (Wildman–Crippen MR) is 143 cm³/mol. The topological polar surface area (TPSA) is 28.6 Å². The van der Waals surface area contributed by atoms with Crippen LogP contribution in [-0.4, -0.2) is 12.0 Å². The Hall–Kier alpha value is -2.82. The van der Waals surface area contributed by atoms with Gasteiger partial charge in [-0.2, -0.15) is 61.3 Å². The molecule has 0 aliphatic carbocycles. The number of nitrogens with zero attached hydrogens (tertiary/aromatic N) is 3. The summed E-state index contributed by atoms with van der Waals surface area (Å²) in [6, 6.07) is 43.0. The van der Waals surface area contributed by atoms with Crippen molar-refractivity contribution in [3.63, 3.8) is 0 Å². The van der Waals surface area contributed by atoms with Crippen molar-refractivity contribution >= 4 is 17.1 Å². The Bertz CT molecular complexity index is 1500. The van der Waals surface area contributed by atoms with Gasteiger partial charge in [-0.15, -0.1) is 47.6 Å². The Balaban J connectivity index is 0.000000172. The number of pyridine rings is 1. The van der Waals surface area contributed by atoms with Crippen molar-refractivity contribution in [2.45, 2.75) is 6.61 Å². The molecule has 0 fully saturated rings. The fourth-order valence-corrected chi connectivity index (χ4v) is 4.33. The van der Waals surface area contributed by atoms with Crippen molar-refractivity contribution in [1.82, 2.24) is 4.98 Å². The maximum absolute atomic E-state index is 5.76. The average Bonchev–Trinajstić information content (AvgIpc) is 3.30. The van der Waals surface area contributed by atoms with Crippen molar-refractivity contribution < 1.29 is 57.6 Å². The first-order valence-corrected chi connectivity index (χ1v) is 11.7. The third-order valence-corrected chi connectivity index (χ3v) is 6.10. The molecule has 3 heterocycles. The van der Waals surface area contributed by atoms with E-state index in [1.807, 2.05) is 66.9 Å². The molecule has 0 amide bonds. The third kappa shape index (κ3) is 5.77. The van der Waals surface area contributed by atoms with Crippen LogP contribution in [0.25, 0.3) is 22.4 Å². The van der Waals surface area contributed by atoms with Gasteiger partial charge in [0, 0.05) is 49.8 Å². The number of hydrogen-bond donors (Lipinski definition) is 0. The van der Waals surface area contributed by atoms with Gasteiger partial charge in [-0.05, 0) is 19.2 Å². The smallest absolute Gasteiger partial charge is 0.516 e. The zero-order valence-electron chi connectivity index (χ0n) is 20.7. The van der Waals surface area contributed by atoms with Crippen LogP contribution in [0.5, 0.6) is 5.75 Å². The Kier molecular flexibility index (Phi) is 9.51. The molecule has 0 unspecified atom stereocenters. The van der Waals surface area contributed by atoms with Gasteiger partial charge in [0.1, 0.15) is 0 Å². The second-order valence-corrected chi connectivity index (χ2v) is 8.44. The van der Waals surface area contributed by atoms with E-state index >= 15 is 0 Å². The van der Waals surface area contributed by atoms with Crippen LogP contribution in [-0.2, 0) is 59.4 Å². The van der Waals surface area contributed by atoms with Gasteiger partial charge in [0.2, 0.25) is 0 Å². The van der Waals surface area contributed by atoms with E-state index in [1.165, 1.54) is 11.4 Å². The summed E-state index contributed by atoms with van der Waals surface area (Å²) in [6.45, 7) is 2.62. The molecular weight excluding hydrogens is 723 g/mol. The minimum atomic E-state index is 0. The first kappa shape index (κ1) is 28.2. The first-order valence-electron chi connectivity index (χ1n) is 11.7. The van der Waals surface area contributed by atoms with Crippen LogP contribution in [0.3, 0.4) is 0 Å². The van der Waals surface area contributed by atoms with E-state index in [1.54, 1.807) is 0 Å². The molecule has 6 heteroatoms. The molecule has 1 aromatic heterocycles. The van der Waals surface area contributed by atoms with Crippen LogP contribution in [0.1, 0.15) is 5.56 Å². The monoisotopic (exact) mass is 746 g/mol. The summed E-state index contributed by atoms with van der Waals surface area (Å²) in [6.07, 6.45) is 1.81. The van der Waals surface area contributed by atoms with Crippen LogP contribution in [0.2, 0.25) is 0 Å². The SMILES string of the molecule is CN1[CH-]N(c2[c-]cccc2)c2ccccc21.[Ir+3].[Y].[c-]1ccccc1-c1[c-]c2c(nc1)-c1[c-]cccc1CO2. The number of para-hydroxylation sites is 3. The van der Waals surface area contributed by atoms with Gasteiger partial charge in [0.25, 0.3) is 0 Å². The standard InChI is InChI=1S/C18H10NO.C14H12N2.Ir.Y/c1-2-6-13(7-3-1)15-10-17-18(19-11-15)16-9-5-4-8-14(16)12-20-17;1-15-11-16(12-7-3-2-4-8-12)14-10-6-5-9-13(14)15;;/h1-6,8,11H,12H2;2-7,9-11H,1H3;;/q-3;-2;+3;. The molecule has 2 aliphatic heterocycles. The van der Waals surface area contributed by atoms with E-state index in [0.29, 0.717) is 12.4 Å². The van der Waals surface area contributed by atoms with Crippen LogP contribution in [0.15, 0.2) is 97.2 Å². The quantitative estimate of drug-likeness (QED) is 0.184. The van der Waals surface area contributed by atoms with Gasteiger partial charge in [-0.1, -0.05) is 23.9 Å². The molecule has 1 radical (unpaired) electrons. The van der Waals surface area contributed by atoms with Gasteiger partial charge < -0.3 is 19.5 Å². The summed E-state index contributed by atoms with van der Waals surface area (Å²) in [5, 5.41) is 0. The van der Waals surface area contributed by atoms with E-state index in [0.717, 1.165) is 33.6 Å². The Morgan fingerprint density at radius 2 is 1.55 bits per heavy atom. The number of rotatable bonds is 2. The molecule has 38 heavy (non-hydrogen) atoms. The summed E-state index contributed by atoms with van der Waals surface area (Å²) in [4.78, 5) is 8.80. The second kappa shape index (κ2) is 12.8. The zero-order valence-corrected chi connectivity index (χ0v) is 25.9. The molecule has 0 atom stereocenters. The number of fused-ring (bicyclic) bond motifs is 4. The van der Waals surface area contributed by atoms with E-state index < -0.39 is 0 Å². The van der Waals surface area contributed by atoms with Crippen molar-refractivity contribution in [3.8, 4) is 28.1 Å². The second-order valence-electron chi connectivity index (χ2n) is 8.44. The third-order valence-electron chi connectivity index (χ3n) is 6.10. The fourth-order valence-electron chi connectivity index (χ4n) is 4.33. The molecule has 4 nitrogen and oxygen atoms in total. The van der Waals surface area contributed by atoms with E-state index in [4.69, 9.17) is 4.74 Å². The minimum Gasteiger partial charge on any atom is -0.516 e. The van der Waals surface area contributed by atoms with Crippen molar-refractivity contribution in [2.75, 3.05) is 16.8 Å². The largest absolute Gasteiger partial charge is 3.00 e. The fraction of sp³-hybridized carbons (Fsp3) is 0.0625. The molecule has 0 spiro atoms. The average molecular weight is 746 g/mol. The van der Waals surface area contributed by atoms with Crippen LogP contribution in [0, 0.1) is 30.9 Å². The Labute approximate surface area is 262 Å². The van der Waals surface area contributed by atoms with Gasteiger partial charge >= 0.3 is 20.1 Å². The van der Waals surface area contributed by atoms with Gasteiger partial charge in [0.15, 0.2) is 0 Å². The van der Waals surface area contributed by atoms with Gasteiger partial charge in [-0.25, -0.2) is 11.1 Å². The number of hydrogen-bond acceptors (Lipinski definition) is 4. The van der Waals surface area contributed by atoms with Crippen LogP contribution < -0.4 is 14.5 Å². The van der Waals surface area contributed by atoms with Gasteiger partial charge in [-0.3, -0.25) is 0 Å². The van der Waals surface area contributed by atoms with Crippen molar-refractivity contribution in [1.29, 1.82) is 0 Å². The summed E-state index contributed by atoms with van der Waals surface area (Å²) >= 11 is 0. The van der Waals surface area contributed by atoms with E-state index in [-0.39, 0.29) is 52.8 Å². The number of aromatic nitrogens is 1. The molecular formula is C32H22IrN3OY-2. The molecule has 5 aromatic rings. The number of benzene rings is 4. The molecule has 2 aliphatic rings. The summed E-state index contributed by atoms with van der Waals surface area (Å²) < 4.78 is 5.76. The first-order chi connectivity index (χ1) is 17.8. The van der Waals surface area contributed by atoms with Gasteiger partial charge in [0.05, 0.1) is 12.4 Å². The molecule has 7 rings (SSSR count). The molecule has 0 bridgehead atoms. The van der Waals surface area contributed by atoms with Crippen LogP contribution >= 0.6 is 0 Å². The van der Waals surface area contributed by atoms with E-state index in [9.17, 15) is 0 Å². The Morgan fingerprint density at radius 3 is 2.32 bits per heavy atom. The molecule has 4 aromatic carbocycles. The summed E-state index contributed by atoms with van der Waals surface area (Å²) in [7, 11) is 2.06. The Morgan fingerprint density at radius 1 is 0.816 bits per heavy atom. The van der Waals surface area contributed by atoms with E-state index in [2.05, 4.69) is 83.1 Å². The van der Waals surface area contributed by atoms with Crippen LogP contribution in [0.4, 0.5) is 17.1 Å². The molecule has 0 saturated heterocycles. The molecule has 0 N–H and O–H groups in total. The maximum Gasteiger partial charge on any atom is 3.00 e. The predicted octanol–water partition coefficient (Wildman–Crippen LogP) is 6.90. The summed E-state index contributed by atoms with van der Waals surface area (Å²) in [5.74, 6) is 0.690. The number of anilines is 3. The van der Waals surface area contributed by atoms with Crippen molar-refractivity contribution in [2.24, 2.45) is 0 Å². The number of ether oxygens (including phenoxy) is 1.